The number of hydrogen-bond acceptors (Lipinski definition) is 4. The second-order valence-corrected chi connectivity index (χ2v) is 7.74. The fraction of sp³-hybridized carbons (Fsp3) is 0.842. The number of carboxylic acids is 1. The number of aliphatic carboxylic acids is 1. The zero-order valence-corrected chi connectivity index (χ0v) is 15.5. The van der Waals surface area contributed by atoms with Gasteiger partial charge in [-0.25, -0.2) is 4.79 Å². The van der Waals surface area contributed by atoms with E-state index in [4.69, 9.17) is 5.11 Å². The summed E-state index contributed by atoms with van der Waals surface area (Å²) < 4.78 is 0. The lowest BCUT2D eigenvalue weighted by molar-refractivity contribution is -0.137. The number of carbonyl (C=O) groups is 3. The third-order valence-corrected chi connectivity index (χ3v) is 5.64. The Morgan fingerprint density at radius 1 is 1.08 bits per heavy atom. The Morgan fingerprint density at radius 2 is 1.73 bits per heavy atom. The lowest BCUT2D eigenvalue weighted by Crippen LogP contribution is -2.40. The van der Waals surface area contributed by atoms with Crippen LogP contribution in [0.25, 0.3) is 0 Å². The Hall–Kier alpha value is -1.63. The standard InChI is InChI=1S/C19H32N2O5/c22-16(23)10-6-2-1-5-9-15-17(24)20-18(25)21(15)14-13-19(26)11-7-3-4-8-12-19/h15,26H,1-14H2,(H,22,23)(H,20,24,25)/t15-/m1/s1. The van der Waals surface area contributed by atoms with E-state index in [-0.39, 0.29) is 18.4 Å². The average molecular weight is 368 g/mol. The molecule has 1 saturated heterocycles. The number of aliphatic hydroxyl groups is 1. The first-order chi connectivity index (χ1) is 12.4. The highest BCUT2D eigenvalue weighted by Gasteiger charge is 2.39. The number of urea groups is 1. The molecule has 1 atom stereocenters. The summed E-state index contributed by atoms with van der Waals surface area (Å²) in [5, 5.41) is 21.8. The first-order valence-corrected chi connectivity index (χ1v) is 9.97. The van der Waals surface area contributed by atoms with E-state index in [9.17, 15) is 19.5 Å². The fourth-order valence-electron chi connectivity index (χ4n) is 4.02. The summed E-state index contributed by atoms with van der Waals surface area (Å²) in [4.78, 5) is 36.2. The molecule has 0 aromatic rings. The normalized spacial score (nSPS) is 23.0. The summed E-state index contributed by atoms with van der Waals surface area (Å²) in [6.07, 6.45) is 10.2. The van der Waals surface area contributed by atoms with Crippen LogP contribution in [0.4, 0.5) is 4.79 Å². The van der Waals surface area contributed by atoms with Crippen LogP contribution in [0, 0.1) is 0 Å². The highest BCUT2D eigenvalue weighted by atomic mass is 16.4. The molecule has 2 rings (SSSR count). The Balaban J connectivity index is 1.78. The SMILES string of the molecule is O=C(O)CCCCCC[C@@H]1C(=O)NC(=O)N1CCC1(O)CCCCCC1. The molecule has 3 amide bonds. The molecule has 0 radical (unpaired) electrons. The van der Waals surface area contributed by atoms with Gasteiger partial charge in [-0.1, -0.05) is 44.9 Å². The number of amides is 3. The van der Waals surface area contributed by atoms with E-state index in [1.54, 1.807) is 4.90 Å². The Labute approximate surface area is 155 Å². The van der Waals surface area contributed by atoms with E-state index in [2.05, 4.69) is 5.32 Å². The Bertz CT molecular complexity index is 500. The van der Waals surface area contributed by atoms with E-state index in [0.29, 0.717) is 25.8 Å². The van der Waals surface area contributed by atoms with Crippen LogP contribution in [0.1, 0.15) is 83.5 Å². The van der Waals surface area contributed by atoms with Gasteiger partial charge in [-0.15, -0.1) is 0 Å². The van der Waals surface area contributed by atoms with Crippen molar-refractivity contribution in [3.8, 4) is 0 Å². The number of rotatable bonds is 10. The first-order valence-electron chi connectivity index (χ1n) is 9.97. The van der Waals surface area contributed by atoms with Gasteiger partial charge in [-0.05, 0) is 32.1 Å². The number of nitrogens with zero attached hydrogens (tertiary/aromatic N) is 1. The third kappa shape index (κ3) is 6.27. The summed E-state index contributed by atoms with van der Waals surface area (Å²) >= 11 is 0. The van der Waals surface area contributed by atoms with Crippen molar-refractivity contribution in [3.63, 3.8) is 0 Å². The minimum Gasteiger partial charge on any atom is -0.481 e. The van der Waals surface area contributed by atoms with Gasteiger partial charge in [0.05, 0.1) is 5.60 Å². The number of imide groups is 1. The van der Waals surface area contributed by atoms with Crippen molar-refractivity contribution in [1.82, 2.24) is 10.2 Å². The van der Waals surface area contributed by atoms with Crippen molar-refractivity contribution in [3.05, 3.63) is 0 Å². The fourth-order valence-corrected chi connectivity index (χ4v) is 4.02. The van der Waals surface area contributed by atoms with Gasteiger partial charge in [-0.3, -0.25) is 14.9 Å². The number of unbranched alkanes of at least 4 members (excludes halogenated alkanes) is 3. The Kier molecular flexibility index (Phi) is 7.87. The number of carbonyl (C=O) groups excluding carboxylic acids is 2. The van der Waals surface area contributed by atoms with Crippen LogP contribution >= 0.6 is 0 Å². The Morgan fingerprint density at radius 3 is 2.38 bits per heavy atom. The minimum absolute atomic E-state index is 0.174. The van der Waals surface area contributed by atoms with Gasteiger partial charge in [0.2, 0.25) is 0 Å². The topological polar surface area (TPSA) is 107 Å². The summed E-state index contributed by atoms with van der Waals surface area (Å²) in [5.74, 6) is -1.04. The van der Waals surface area contributed by atoms with Crippen LogP contribution < -0.4 is 5.32 Å². The predicted molar refractivity (Wildman–Crippen MR) is 96.6 cm³/mol. The average Bonchev–Trinajstić information content (AvgIpc) is 2.73. The van der Waals surface area contributed by atoms with Crippen LogP contribution in [0.2, 0.25) is 0 Å². The second kappa shape index (κ2) is 9.90. The van der Waals surface area contributed by atoms with Crippen molar-refractivity contribution >= 4 is 17.9 Å². The quantitative estimate of drug-likeness (QED) is 0.312. The van der Waals surface area contributed by atoms with Crippen LogP contribution in [-0.2, 0) is 9.59 Å². The van der Waals surface area contributed by atoms with Crippen LogP contribution in [-0.4, -0.2) is 51.2 Å². The highest BCUT2D eigenvalue weighted by Crippen LogP contribution is 2.30. The molecule has 7 nitrogen and oxygen atoms in total. The maximum atomic E-state index is 12.1. The minimum atomic E-state index is -0.784. The summed E-state index contributed by atoms with van der Waals surface area (Å²) in [7, 11) is 0. The molecule has 1 heterocycles. The van der Waals surface area contributed by atoms with Gasteiger partial charge < -0.3 is 15.1 Å². The largest absolute Gasteiger partial charge is 0.481 e. The molecule has 0 aromatic heterocycles. The molecule has 26 heavy (non-hydrogen) atoms. The third-order valence-electron chi connectivity index (χ3n) is 5.64. The van der Waals surface area contributed by atoms with E-state index >= 15 is 0 Å². The van der Waals surface area contributed by atoms with Crippen LogP contribution in [0.15, 0.2) is 0 Å². The van der Waals surface area contributed by atoms with Gasteiger partial charge in [-0.2, -0.15) is 0 Å². The molecular formula is C19H32N2O5. The number of hydrogen-bond donors (Lipinski definition) is 3. The highest BCUT2D eigenvalue weighted by molar-refractivity contribution is 6.04. The molecule has 1 aliphatic heterocycles. The molecule has 0 aromatic carbocycles. The van der Waals surface area contributed by atoms with E-state index in [1.807, 2.05) is 0 Å². The summed E-state index contributed by atoms with van der Waals surface area (Å²) in [5.41, 5.74) is -0.718. The smallest absolute Gasteiger partial charge is 0.324 e. The molecule has 2 aliphatic rings. The maximum absolute atomic E-state index is 12.1. The van der Waals surface area contributed by atoms with Crippen molar-refractivity contribution in [2.75, 3.05) is 6.54 Å². The van der Waals surface area contributed by atoms with Gasteiger partial charge in [0, 0.05) is 13.0 Å². The van der Waals surface area contributed by atoms with Crippen LogP contribution in [0.3, 0.4) is 0 Å². The van der Waals surface area contributed by atoms with Gasteiger partial charge in [0.15, 0.2) is 0 Å². The van der Waals surface area contributed by atoms with E-state index in [1.165, 1.54) is 0 Å². The van der Waals surface area contributed by atoms with Gasteiger partial charge in [0.1, 0.15) is 6.04 Å². The molecule has 0 spiro atoms. The zero-order valence-electron chi connectivity index (χ0n) is 15.5. The van der Waals surface area contributed by atoms with Gasteiger partial charge >= 0.3 is 12.0 Å². The maximum Gasteiger partial charge on any atom is 0.324 e. The van der Waals surface area contributed by atoms with Crippen molar-refractivity contribution in [2.45, 2.75) is 95.1 Å². The van der Waals surface area contributed by atoms with Crippen molar-refractivity contribution in [1.29, 1.82) is 0 Å². The number of carboxylic acid groups (broad SMARTS) is 1. The number of nitrogens with one attached hydrogen (secondary N) is 1. The lowest BCUT2D eigenvalue weighted by atomic mass is 9.90. The molecule has 7 heteroatoms. The molecular weight excluding hydrogens is 336 g/mol. The zero-order chi connectivity index (χ0) is 19.0. The molecule has 148 valence electrons. The molecule has 3 N–H and O–H groups in total. The van der Waals surface area contributed by atoms with E-state index < -0.39 is 17.6 Å². The first kappa shape index (κ1) is 20.7. The van der Waals surface area contributed by atoms with E-state index in [0.717, 1.165) is 57.8 Å². The second-order valence-electron chi connectivity index (χ2n) is 7.74. The predicted octanol–water partition coefficient (Wildman–Crippen LogP) is 2.81. The summed E-state index contributed by atoms with van der Waals surface area (Å²) in [6, 6.07) is -0.820. The molecule has 0 bridgehead atoms. The van der Waals surface area contributed by atoms with Crippen LogP contribution in [0.5, 0.6) is 0 Å². The molecule has 1 saturated carbocycles. The summed E-state index contributed by atoms with van der Waals surface area (Å²) in [6.45, 7) is 0.401. The molecule has 1 aliphatic carbocycles. The van der Waals surface area contributed by atoms with Gasteiger partial charge in [0.25, 0.3) is 5.91 Å². The molecule has 0 unspecified atom stereocenters. The monoisotopic (exact) mass is 368 g/mol. The van der Waals surface area contributed by atoms with Crippen molar-refractivity contribution in [2.24, 2.45) is 0 Å². The lowest BCUT2D eigenvalue weighted by Gasteiger charge is -2.30. The molecule has 2 fully saturated rings. The van der Waals surface area contributed by atoms with Crippen molar-refractivity contribution < 1.29 is 24.6 Å².